The van der Waals surface area contributed by atoms with Gasteiger partial charge in [-0.2, -0.15) is 0 Å². The molecule has 0 aromatic carbocycles. The van der Waals surface area contributed by atoms with Gasteiger partial charge < -0.3 is 14.4 Å². The number of hydrogen-bond acceptors (Lipinski definition) is 5. The van der Waals surface area contributed by atoms with Crippen molar-refractivity contribution in [3.05, 3.63) is 23.3 Å². The second-order valence-corrected chi connectivity index (χ2v) is 6.30. The molecule has 7 heteroatoms. The molecule has 120 valence electrons. The molecular formula is C15H20ClN3O3. The van der Waals surface area contributed by atoms with E-state index in [1.54, 1.807) is 18.2 Å². The molecule has 6 nitrogen and oxygen atoms in total. The van der Waals surface area contributed by atoms with Gasteiger partial charge >= 0.3 is 6.09 Å². The van der Waals surface area contributed by atoms with Crippen LogP contribution in [0.15, 0.2) is 12.3 Å². The van der Waals surface area contributed by atoms with E-state index in [1.165, 1.54) is 0 Å². The van der Waals surface area contributed by atoms with Crippen molar-refractivity contribution in [2.75, 3.05) is 20.2 Å². The quantitative estimate of drug-likeness (QED) is 0.781. The number of methoxy groups -OCH3 is 1. The summed E-state index contributed by atoms with van der Waals surface area (Å²) < 4.78 is 10.6. The summed E-state index contributed by atoms with van der Waals surface area (Å²) in [6.45, 7) is 6.58. The van der Waals surface area contributed by atoms with Gasteiger partial charge in [0.25, 0.3) is 0 Å². The number of ether oxygens (including phenoxy) is 2. The van der Waals surface area contributed by atoms with Gasteiger partial charge in [-0.1, -0.05) is 6.08 Å². The summed E-state index contributed by atoms with van der Waals surface area (Å²) in [7, 11) is 1.56. The second kappa shape index (κ2) is 6.52. The van der Waals surface area contributed by atoms with E-state index in [9.17, 15) is 4.79 Å². The maximum Gasteiger partial charge on any atom is 0.410 e. The molecule has 1 aromatic heterocycles. The largest absolute Gasteiger partial charge is 0.493 e. The van der Waals surface area contributed by atoms with Crippen LogP contribution in [0.25, 0.3) is 5.57 Å². The van der Waals surface area contributed by atoms with Crippen molar-refractivity contribution in [3.63, 3.8) is 0 Å². The number of carbonyl (C=O) groups excluding carboxylic acids is 1. The predicted molar refractivity (Wildman–Crippen MR) is 84.0 cm³/mol. The van der Waals surface area contributed by atoms with Crippen LogP contribution in [0.4, 0.5) is 4.79 Å². The fourth-order valence-electron chi connectivity index (χ4n) is 2.11. The summed E-state index contributed by atoms with van der Waals surface area (Å²) in [5, 5.41) is 0.172. The Labute approximate surface area is 135 Å². The van der Waals surface area contributed by atoms with E-state index in [0.717, 1.165) is 5.57 Å². The third kappa shape index (κ3) is 4.10. The van der Waals surface area contributed by atoms with E-state index in [-0.39, 0.29) is 11.4 Å². The molecule has 1 amide bonds. The number of amides is 1. The van der Waals surface area contributed by atoms with E-state index < -0.39 is 5.60 Å². The lowest BCUT2D eigenvalue weighted by molar-refractivity contribution is 0.0270. The molecule has 22 heavy (non-hydrogen) atoms. The van der Waals surface area contributed by atoms with E-state index in [4.69, 9.17) is 21.1 Å². The van der Waals surface area contributed by atoms with Crippen LogP contribution in [0.2, 0.25) is 5.28 Å². The van der Waals surface area contributed by atoms with Crippen LogP contribution in [0.3, 0.4) is 0 Å². The summed E-state index contributed by atoms with van der Waals surface area (Å²) in [6.07, 6.45) is 3.83. The monoisotopic (exact) mass is 325 g/mol. The molecule has 0 bridgehead atoms. The summed E-state index contributed by atoms with van der Waals surface area (Å²) in [5.74, 6) is 0.571. The maximum absolute atomic E-state index is 12.0. The molecule has 0 atom stereocenters. The minimum absolute atomic E-state index is 0.172. The lowest BCUT2D eigenvalue weighted by atomic mass is 10.0. The lowest BCUT2D eigenvalue weighted by Crippen LogP contribution is -2.39. The number of carbonyl (C=O) groups is 1. The van der Waals surface area contributed by atoms with Crippen LogP contribution in [0.1, 0.15) is 32.9 Å². The highest BCUT2D eigenvalue weighted by atomic mass is 35.5. The zero-order valence-electron chi connectivity index (χ0n) is 13.2. The number of halogens is 1. The molecule has 2 rings (SSSR count). The number of aromatic nitrogens is 2. The molecule has 0 radical (unpaired) electrons. The Morgan fingerprint density at radius 1 is 1.41 bits per heavy atom. The molecule has 1 aliphatic heterocycles. The standard InChI is InChI=1S/C15H20ClN3O3/c1-15(2,3)22-14(20)19-7-5-10(6-8-19)12-11(21-4)9-17-13(16)18-12/h5,9H,6-8H2,1-4H3. The highest BCUT2D eigenvalue weighted by molar-refractivity contribution is 6.28. The molecule has 0 spiro atoms. The van der Waals surface area contributed by atoms with Gasteiger partial charge in [0.15, 0.2) is 5.75 Å². The van der Waals surface area contributed by atoms with Gasteiger partial charge in [0.05, 0.1) is 13.3 Å². The SMILES string of the molecule is COc1cnc(Cl)nc1C1=CCN(C(=O)OC(C)(C)C)CC1. The normalized spacial score (nSPS) is 15.3. The van der Waals surface area contributed by atoms with Crippen LogP contribution in [-0.2, 0) is 4.74 Å². The molecule has 1 aromatic rings. The molecule has 2 heterocycles. The van der Waals surface area contributed by atoms with Gasteiger partial charge in [-0.25, -0.2) is 14.8 Å². The van der Waals surface area contributed by atoms with Crippen LogP contribution in [-0.4, -0.2) is 46.8 Å². The Bertz CT molecular complexity index is 596. The van der Waals surface area contributed by atoms with Crippen LogP contribution < -0.4 is 4.74 Å². The fraction of sp³-hybridized carbons (Fsp3) is 0.533. The first-order chi connectivity index (χ1) is 10.3. The Hall–Kier alpha value is -1.82. The Morgan fingerprint density at radius 2 is 2.14 bits per heavy atom. The minimum atomic E-state index is -0.496. The number of rotatable bonds is 2. The highest BCUT2D eigenvalue weighted by Crippen LogP contribution is 2.29. The highest BCUT2D eigenvalue weighted by Gasteiger charge is 2.25. The third-order valence-electron chi connectivity index (χ3n) is 3.11. The van der Waals surface area contributed by atoms with Crippen molar-refractivity contribution in [1.82, 2.24) is 14.9 Å². The van der Waals surface area contributed by atoms with Crippen molar-refractivity contribution in [3.8, 4) is 5.75 Å². The molecule has 1 aliphatic rings. The van der Waals surface area contributed by atoms with E-state index in [0.29, 0.717) is 31.0 Å². The molecule has 0 saturated carbocycles. The number of hydrogen-bond donors (Lipinski definition) is 0. The third-order valence-corrected chi connectivity index (χ3v) is 3.29. The Morgan fingerprint density at radius 3 is 2.68 bits per heavy atom. The van der Waals surface area contributed by atoms with Gasteiger partial charge in [-0.3, -0.25) is 0 Å². The fourth-order valence-corrected chi connectivity index (χ4v) is 2.24. The van der Waals surface area contributed by atoms with E-state index >= 15 is 0 Å². The smallest absolute Gasteiger partial charge is 0.410 e. The van der Waals surface area contributed by atoms with Gasteiger partial charge in [0.1, 0.15) is 11.3 Å². The summed E-state index contributed by atoms with van der Waals surface area (Å²) in [4.78, 5) is 21.8. The first-order valence-electron chi connectivity index (χ1n) is 7.04. The summed E-state index contributed by atoms with van der Waals surface area (Å²) >= 11 is 5.86. The maximum atomic E-state index is 12.0. The van der Waals surface area contributed by atoms with Gasteiger partial charge in [0, 0.05) is 13.1 Å². The van der Waals surface area contributed by atoms with E-state index in [1.807, 2.05) is 26.8 Å². The molecule has 0 saturated heterocycles. The second-order valence-electron chi connectivity index (χ2n) is 5.96. The molecule has 0 N–H and O–H groups in total. The molecule has 0 aliphatic carbocycles. The molecule has 0 unspecified atom stereocenters. The van der Waals surface area contributed by atoms with Crippen molar-refractivity contribution in [2.24, 2.45) is 0 Å². The van der Waals surface area contributed by atoms with Gasteiger partial charge in [0.2, 0.25) is 5.28 Å². The Balaban J connectivity index is 2.12. The molecular weight excluding hydrogens is 306 g/mol. The van der Waals surface area contributed by atoms with Crippen molar-refractivity contribution >= 4 is 23.3 Å². The molecule has 0 fully saturated rings. The first-order valence-corrected chi connectivity index (χ1v) is 7.42. The first kappa shape index (κ1) is 16.5. The van der Waals surface area contributed by atoms with Gasteiger partial charge in [-0.15, -0.1) is 0 Å². The van der Waals surface area contributed by atoms with Crippen molar-refractivity contribution in [2.45, 2.75) is 32.8 Å². The average Bonchev–Trinajstić information content (AvgIpc) is 2.45. The van der Waals surface area contributed by atoms with Crippen molar-refractivity contribution in [1.29, 1.82) is 0 Å². The summed E-state index contributed by atoms with van der Waals surface area (Å²) in [5.41, 5.74) is 1.16. The van der Waals surface area contributed by atoms with Crippen molar-refractivity contribution < 1.29 is 14.3 Å². The summed E-state index contributed by atoms with van der Waals surface area (Å²) in [6, 6.07) is 0. The predicted octanol–water partition coefficient (Wildman–Crippen LogP) is 3.16. The zero-order chi connectivity index (χ0) is 16.3. The topological polar surface area (TPSA) is 64.6 Å². The van der Waals surface area contributed by atoms with Crippen LogP contribution in [0.5, 0.6) is 5.75 Å². The zero-order valence-corrected chi connectivity index (χ0v) is 14.0. The van der Waals surface area contributed by atoms with E-state index in [2.05, 4.69) is 9.97 Å². The Kier molecular flexibility index (Phi) is 4.90. The van der Waals surface area contributed by atoms with Crippen LogP contribution >= 0.6 is 11.6 Å². The number of nitrogens with zero attached hydrogens (tertiary/aromatic N) is 3. The lowest BCUT2D eigenvalue weighted by Gasteiger charge is -2.29. The minimum Gasteiger partial charge on any atom is -0.493 e. The van der Waals surface area contributed by atoms with Gasteiger partial charge in [-0.05, 0) is 44.4 Å². The average molecular weight is 326 g/mol. The van der Waals surface area contributed by atoms with Crippen LogP contribution in [0, 0.1) is 0 Å².